The van der Waals surface area contributed by atoms with Gasteiger partial charge in [0.1, 0.15) is 0 Å². The maximum atomic E-state index is 13.4. The SMILES string of the molecule is CCCCCCCCCCCCP(=O)(OCCCCCCCCCC)OCCCCCCCCCC. The van der Waals surface area contributed by atoms with Crippen molar-refractivity contribution in [3.8, 4) is 0 Å². The molecular formula is C32H67O3P. The molecule has 0 aromatic carbocycles. The van der Waals surface area contributed by atoms with Gasteiger partial charge in [-0.3, -0.25) is 4.57 Å². The van der Waals surface area contributed by atoms with Gasteiger partial charge in [0, 0.05) is 0 Å². The molecule has 0 saturated heterocycles. The van der Waals surface area contributed by atoms with Crippen molar-refractivity contribution in [1.82, 2.24) is 0 Å². The van der Waals surface area contributed by atoms with Gasteiger partial charge in [-0.2, -0.15) is 0 Å². The summed E-state index contributed by atoms with van der Waals surface area (Å²) in [5.41, 5.74) is 0. The van der Waals surface area contributed by atoms with Crippen LogP contribution in [0.5, 0.6) is 0 Å². The van der Waals surface area contributed by atoms with Crippen molar-refractivity contribution in [3.05, 3.63) is 0 Å². The fourth-order valence-corrected chi connectivity index (χ4v) is 6.60. The summed E-state index contributed by atoms with van der Waals surface area (Å²) in [4.78, 5) is 0. The molecule has 0 unspecified atom stereocenters. The zero-order valence-electron chi connectivity index (χ0n) is 25.2. The van der Waals surface area contributed by atoms with Crippen molar-refractivity contribution in [1.29, 1.82) is 0 Å². The Labute approximate surface area is 228 Å². The van der Waals surface area contributed by atoms with Crippen LogP contribution in [-0.4, -0.2) is 19.4 Å². The highest BCUT2D eigenvalue weighted by atomic mass is 31.2. The molecule has 36 heavy (non-hydrogen) atoms. The van der Waals surface area contributed by atoms with E-state index in [1.54, 1.807) is 0 Å². The molecule has 0 atom stereocenters. The van der Waals surface area contributed by atoms with Gasteiger partial charge in [0.05, 0.1) is 19.4 Å². The van der Waals surface area contributed by atoms with Gasteiger partial charge in [-0.25, -0.2) is 0 Å². The predicted molar refractivity (Wildman–Crippen MR) is 161 cm³/mol. The highest BCUT2D eigenvalue weighted by Crippen LogP contribution is 2.49. The Morgan fingerprint density at radius 3 is 0.917 bits per heavy atom. The van der Waals surface area contributed by atoms with E-state index in [2.05, 4.69) is 20.8 Å². The normalized spacial score (nSPS) is 12.0. The monoisotopic (exact) mass is 530 g/mol. The molecule has 0 amide bonds. The highest BCUT2D eigenvalue weighted by molar-refractivity contribution is 7.53. The zero-order chi connectivity index (χ0) is 26.4. The third-order valence-electron chi connectivity index (χ3n) is 7.36. The average Bonchev–Trinajstić information content (AvgIpc) is 2.88. The van der Waals surface area contributed by atoms with Crippen molar-refractivity contribution >= 4 is 7.60 Å². The molecule has 0 fully saturated rings. The van der Waals surface area contributed by atoms with E-state index in [-0.39, 0.29) is 0 Å². The van der Waals surface area contributed by atoms with E-state index in [0.29, 0.717) is 19.4 Å². The lowest BCUT2D eigenvalue weighted by Gasteiger charge is -2.19. The molecule has 3 nitrogen and oxygen atoms in total. The van der Waals surface area contributed by atoms with Crippen LogP contribution in [0.1, 0.15) is 188 Å². The second-order valence-corrected chi connectivity index (χ2v) is 13.3. The van der Waals surface area contributed by atoms with Gasteiger partial charge in [0.15, 0.2) is 0 Å². The topological polar surface area (TPSA) is 35.5 Å². The summed E-state index contributed by atoms with van der Waals surface area (Å²) in [5, 5.41) is 0. The van der Waals surface area contributed by atoms with Gasteiger partial charge in [-0.1, -0.05) is 168 Å². The van der Waals surface area contributed by atoms with Gasteiger partial charge in [-0.05, 0) is 19.3 Å². The first-order valence-corrected chi connectivity index (χ1v) is 18.3. The molecule has 0 saturated carbocycles. The predicted octanol–water partition coefficient (Wildman–Crippen LogP) is 12.4. The first kappa shape index (κ1) is 36.1. The minimum atomic E-state index is -2.93. The van der Waals surface area contributed by atoms with Crippen LogP contribution in [0.2, 0.25) is 0 Å². The summed E-state index contributed by atoms with van der Waals surface area (Å²) in [7, 11) is -2.93. The summed E-state index contributed by atoms with van der Waals surface area (Å²) in [6.07, 6.45) is 33.9. The molecule has 0 bridgehead atoms. The van der Waals surface area contributed by atoms with Crippen LogP contribution in [-0.2, 0) is 13.6 Å². The van der Waals surface area contributed by atoms with Crippen LogP contribution < -0.4 is 0 Å². The summed E-state index contributed by atoms with van der Waals surface area (Å²) in [6, 6.07) is 0. The van der Waals surface area contributed by atoms with Crippen molar-refractivity contribution in [3.63, 3.8) is 0 Å². The molecular weight excluding hydrogens is 463 g/mol. The molecule has 0 N–H and O–H groups in total. The lowest BCUT2D eigenvalue weighted by molar-refractivity contribution is 0.197. The van der Waals surface area contributed by atoms with Gasteiger partial charge >= 0.3 is 7.60 Å². The molecule has 0 aliphatic heterocycles. The molecule has 0 heterocycles. The Morgan fingerprint density at radius 1 is 0.361 bits per heavy atom. The van der Waals surface area contributed by atoms with E-state index in [4.69, 9.17) is 9.05 Å². The van der Waals surface area contributed by atoms with Gasteiger partial charge in [0.25, 0.3) is 0 Å². The number of unbranched alkanes of at least 4 members (excludes halogenated alkanes) is 23. The van der Waals surface area contributed by atoms with E-state index in [0.717, 1.165) is 25.7 Å². The summed E-state index contributed by atoms with van der Waals surface area (Å²) < 4.78 is 25.3. The van der Waals surface area contributed by atoms with Gasteiger partial charge in [0.2, 0.25) is 0 Å². The Bertz CT molecular complexity index is 429. The lowest BCUT2D eigenvalue weighted by Crippen LogP contribution is -2.04. The Kier molecular flexibility index (Phi) is 29.8. The van der Waals surface area contributed by atoms with Crippen LogP contribution in [0, 0.1) is 0 Å². The molecule has 0 spiro atoms. The third kappa shape index (κ3) is 27.2. The Hall–Kier alpha value is 0.150. The van der Waals surface area contributed by atoms with Crippen LogP contribution >= 0.6 is 7.60 Å². The van der Waals surface area contributed by atoms with Crippen molar-refractivity contribution in [2.45, 2.75) is 188 Å². The summed E-state index contributed by atoms with van der Waals surface area (Å²) in [5.74, 6) is 0. The lowest BCUT2D eigenvalue weighted by atomic mass is 10.1. The quantitative estimate of drug-likeness (QED) is 0.0660. The maximum Gasteiger partial charge on any atom is 0.330 e. The zero-order valence-corrected chi connectivity index (χ0v) is 26.1. The first-order chi connectivity index (χ1) is 17.7. The maximum absolute atomic E-state index is 13.4. The smallest absolute Gasteiger partial charge is 0.309 e. The minimum Gasteiger partial charge on any atom is -0.309 e. The van der Waals surface area contributed by atoms with Crippen LogP contribution in [0.4, 0.5) is 0 Å². The number of hydrogen-bond acceptors (Lipinski definition) is 3. The van der Waals surface area contributed by atoms with E-state index < -0.39 is 7.60 Å². The van der Waals surface area contributed by atoms with E-state index in [1.165, 1.54) is 141 Å². The molecule has 218 valence electrons. The van der Waals surface area contributed by atoms with Crippen LogP contribution in [0.15, 0.2) is 0 Å². The number of hydrogen-bond donors (Lipinski definition) is 0. The van der Waals surface area contributed by atoms with Crippen LogP contribution in [0.25, 0.3) is 0 Å². The molecule has 0 aromatic rings. The standard InChI is InChI=1S/C32H67O3P/c1-4-7-10-13-16-19-20-23-26-29-32-36(33,34-30-27-24-21-17-14-11-8-5-2)35-31-28-25-22-18-15-12-9-6-3/h4-32H2,1-3H3. The first-order valence-electron chi connectivity index (χ1n) is 16.6. The summed E-state index contributed by atoms with van der Waals surface area (Å²) in [6.45, 7) is 8.00. The molecule has 0 radical (unpaired) electrons. The molecule has 0 rings (SSSR count). The largest absolute Gasteiger partial charge is 0.330 e. The fraction of sp³-hybridized carbons (Fsp3) is 1.00. The second kappa shape index (κ2) is 29.7. The Morgan fingerprint density at radius 2 is 0.611 bits per heavy atom. The highest BCUT2D eigenvalue weighted by Gasteiger charge is 2.23. The number of rotatable bonds is 31. The van der Waals surface area contributed by atoms with Crippen molar-refractivity contribution in [2.75, 3.05) is 19.4 Å². The Balaban J connectivity index is 4.06. The van der Waals surface area contributed by atoms with Crippen molar-refractivity contribution < 1.29 is 13.6 Å². The third-order valence-corrected chi connectivity index (χ3v) is 9.37. The van der Waals surface area contributed by atoms with Crippen LogP contribution in [0.3, 0.4) is 0 Å². The summed E-state index contributed by atoms with van der Waals surface area (Å²) >= 11 is 0. The van der Waals surface area contributed by atoms with E-state index >= 15 is 0 Å². The van der Waals surface area contributed by atoms with E-state index in [1.807, 2.05) is 0 Å². The molecule has 0 aliphatic rings. The molecule has 0 aromatic heterocycles. The molecule has 0 aliphatic carbocycles. The minimum absolute atomic E-state index is 0.599. The fourth-order valence-electron chi connectivity index (χ4n) is 4.84. The van der Waals surface area contributed by atoms with Crippen molar-refractivity contribution in [2.24, 2.45) is 0 Å². The second-order valence-electron chi connectivity index (χ2n) is 11.1. The van der Waals surface area contributed by atoms with E-state index in [9.17, 15) is 4.57 Å². The van der Waals surface area contributed by atoms with Gasteiger partial charge < -0.3 is 9.05 Å². The average molecular weight is 531 g/mol. The van der Waals surface area contributed by atoms with Gasteiger partial charge in [-0.15, -0.1) is 0 Å². The molecule has 4 heteroatoms.